The molecule has 3 heteroatoms. The van der Waals surface area contributed by atoms with E-state index < -0.39 is 0 Å². The van der Waals surface area contributed by atoms with Crippen molar-refractivity contribution in [3.63, 3.8) is 0 Å². The second kappa shape index (κ2) is 4.30. The topological polar surface area (TPSA) is 40.5 Å². The number of carbonyl (C=O) groups is 1. The van der Waals surface area contributed by atoms with E-state index in [1.54, 1.807) is 0 Å². The zero-order chi connectivity index (χ0) is 9.97. The normalized spacial score (nSPS) is 27.4. The minimum Gasteiger partial charge on any atom is -0.396 e. The molecular weight excluding hydrogens is 178 g/mol. The lowest BCUT2D eigenvalue weighted by Crippen LogP contribution is -2.26. The van der Waals surface area contributed by atoms with Crippen LogP contribution in [0.25, 0.3) is 0 Å². The average Bonchev–Trinajstić information content (AvgIpc) is 2.92. The minimum atomic E-state index is 0.158. The number of carbonyl (C=O) groups excluding carboxylic acids is 1. The Bertz CT molecular complexity index is 213. The standard InChI is InChI=1S/C11H19NO2/c13-8-10-6-11(14)12(7-10)5-1-2-9-3-4-9/h9-10,13H,1-8H2. The van der Waals surface area contributed by atoms with E-state index in [1.165, 1.54) is 19.3 Å². The molecule has 0 spiro atoms. The molecule has 1 heterocycles. The van der Waals surface area contributed by atoms with Gasteiger partial charge in [0.2, 0.25) is 5.91 Å². The van der Waals surface area contributed by atoms with Crippen molar-refractivity contribution < 1.29 is 9.90 Å². The predicted octanol–water partition coefficient (Wildman–Crippen LogP) is 1.02. The van der Waals surface area contributed by atoms with Gasteiger partial charge in [0, 0.05) is 32.0 Å². The summed E-state index contributed by atoms with van der Waals surface area (Å²) < 4.78 is 0. The van der Waals surface area contributed by atoms with E-state index in [0.29, 0.717) is 6.42 Å². The van der Waals surface area contributed by atoms with Crippen LogP contribution in [0.4, 0.5) is 0 Å². The van der Waals surface area contributed by atoms with Crippen molar-refractivity contribution in [2.24, 2.45) is 11.8 Å². The Balaban J connectivity index is 1.66. The number of likely N-dealkylation sites (tertiary alicyclic amines) is 1. The number of aliphatic hydroxyl groups excluding tert-OH is 1. The molecule has 2 rings (SSSR count). The van der Waals surface area contributed by atoms with Gasteiger partial charge in [0.25, 0.3) is 0 Å². The molecule has 0 aromatic rings. The molecule has 1 amide bonds. The molecule has 1 atom stereocenters. The van der Waals surface area contributed by atoms with Crippen molar-refractivity contribution in [2.75, 3.05) is 19.7 Å². The molecule has 80 valence electrons. The number of hydrogen-bond acceptors (Lipinski definition) is 2. The van der Waals surface area contributed by atoms with Gasteiger partial charge in [0.05, 0.1) is 0 Å². The van der Waals surface area contributed by atoms with Gasteiger partial charge in [0.15, 0.2) is 0 Å². The molecule has 3 nitrogen and oxygen atoms in total. The number of amides is 1. The molecule has 1 aliphatic heterocycles. The molecular formula is C11H19NO2. The summed E-state index contributed by atoms with van der Waals surface area (Å²) in [6, 6.07) is 0. The minimum absolute atomic E-state index is 0.158. The fourth-order valence-corrected chi connectivity index (χ4v) is 2.17. The third kappa shape index (κ3) is 2.47. The van der Waals surface area contributed by atoms with E-state index in [4.69, 9.17) is 5.11 Å². The quantitative estimate of drug-likeness (QED) is 0.714. The maximum atomic E-state index is 11.4. The highest BCUT2D eigenvalue weighted by atomic mass is 16.3. The molecule has 1 aliphatic carbocycles. The summed E-state index contributed by atoms with van der Waals surface area (Å²) in [7, 11) is 0. The van der Waals surface area contributed by atoms with Gasteiger partial charge in [-0.1, -0.05) is 12.8 Å². The molecule has 1 saturated heterocycles. The lowest BCUT2D eigenvalue weighted by atomic mass is 10.1. The highest BCUT2D eigenvalue weighted by molar-refractivity contribution is 5.78. The van der Waals surface area contributed by atoms with E-state index in [0.717, 1.165) is 25.4 Å². The summed E-state index contributed by atoms with van der Waals surface area (Å²) in [6.07, 6.45) is 5.78. The van der Waals surface area contributed by atoms with Gasteiger partial charge >= 0.3 is 0 Å². The molecule has 2 fully saturated rings. The fraction of sp³-hybridized carbons (Fsp3) is 0.909. The van der Waals surface area contributed by atoms with Crippen LogP contribution in [0, 0.1) is 11.8 Å². The summed E-state index contributed by atoms with van der Waals surface area (Å²) in [5, 5.41) is 8.95. The maximum Gasteiger partial charge on any atom is 0.223 e. The molecule has 0 aromatic heterocycles. The van der Waals surface area contributed by atoms with Crippen LogP contribution in [0.1, 0.15) is 32.1 Å². The molecule has 0 bridgehead atoms. The predicted molar refractivity (Wildman–Crippen MR) is 53.7 cm³/mol. The zero-order valence-electron chi connectivity index (χ0n) is 8.61. The van der Waals surface area contributed by atoms with Gasteiger partial charge in [-0.15, -0.1) is 0 Å². The van der Waals surface area contributed by atoms with E-state index in [2.05, 4.69) is 0 Å². The highest BCUT2D eigenvalue weighted by Crippen LogP contribution is 2.33. The molecule has 1 unspecified atom stereocenters. The van der Waals surface area contributed by atoms with E-state index >= 15 is 0 Å². The molecule has 14 heavy (non-hydrogen) atoms. The van der Waals surface area contributed by atoms with Gasteiger partial charge in [-0.3, -0.25) is 4.79 Å². The first kappa shape index (κ1) is 9.97. The summed E-state index contributed by atoms with van der Waals surface area (Å²) in [5.74, 6) is 1.39. The summed E-state index contributed by atoms with van der Waals surface area (Å²) in [5.41, 5.74) is 0. The third-order valence-electron chi connectivity index (χ3n) is 3.29. The maximum absolute atomic E-state index is 11.4. The van der Waals surface area contributed by atoms with E-state index in [1.807, 2.05) is 4.90 Å². The Labute approximate surface area is 85.1 Å². The third-order valence-corrected chi connectivity index (χ3v) is 3.29. The van der Waals surface area contributed by atoms with E-state index in [9.17, 15) is 4.79 Å². The van der Waals surface area contributed by atoms with Crippen LogP contribution in [-0.4, -0.2) is 35.6 Å². The smallest absolute Gasteiger partial charge is 0.223 e. The molecule has 1 N–H and O–H groups in total. The lowest BCUT2D eigenvalue weighted by molar-refractivity contribution is -0.127. The average molecular weight is 197 g/mol. The van der Waals surface area contributed by atoms with Crippen molar-refractivity contribution in [1.82, 2.24) is 4.90 Å². The van der Waals surface area contributed by atoms with Crippen molar-refractivity contribution >= 4 is 5.91 Å². The second-order valence-corrected chi connectivity index (χ2v) is 4.68. The lowest BCUT2D eigenvalue weighted by Gasteiger charge is -2.15. The van der Waals surface area contributed by atoms with Crippen molar-refractivity contribution in [3.8, 4) is 0 Å². The van der Waals surface area contributed by atoms with Crippen LogP contribution in [-0.2, 0) is 4.79 Å². The Morgan fingerprint density at radius 1 is 1.36 bits per heavy atom. The number of aliphatic hydroxyl groups is 1. The Hall–Kier alpha value is -0.570. The molecule has 0 radical (unpaired) electrons. The fourth-order valence-electron chi connectivity index (χ4n) is 2.17. The monoisotopic (exact) mass is 197 g/mol. The summed E-state index contributed by atoms with van der Waals surface area (Å²) in [4.78, 5) is 13.4. The van der Waals surface area contributed by atoms with Crippen LogP contribution in [0.3, 0.4) is 0 Å². The van der Waals surface area contributed by atoms with Crippen molar-refractivity contribution in [1.29, 1.82) is 0 Å². The Kier molecular flexibility index (Phi) is 3.06. The first-order valence-electron chi connectivity index (χ1n) is 5.68. The first-order chi connectivity index (χ1) is 6.79. The van der Waals surface area contributed by atoms with Gasteiger partial charge in [-0.05, 0) is 18.8 Å². The van der Waals surface area contributed by atoms with E-state index in [-0.39, 0.29) is 18.4 Å². The largest absolute Gasteiger partial charge is 0.396 e. The molecule has 2 aliphatic rings. The van der Waals surface area contributed by atoms with Crippen LogP contribution >= 0.6 is 0 Å². The van der Waals surface area contributed by atoms with Crippen molar-refractivity contribution in [3.05, 3.63) is 0 Å². The summed E-state index contributed by atoms with van der Waals surface area (Å²) >= 11 is 0. The second-order valence-electron chi connectivity index (χ2n) is 4.68. The zero-order valence-corrected chi connectivity index (χ0v) is 8.61. The summed E-state index contributed by atoms with van der Waals surface area (Å²) in [6.45, 7) is 1.84. The van der Waals surface area contributed by atoms with Crippen LogP contribution < -0.4 is 0 Å². The molecule has 1 saturated carbocycles. The Morgan fingerprint density at radius 3 is 2.71 bits per heavy atom. The SMILES string of the molecule is O=C1CC(CO)CN1CCCC1CC1. The number of nitrogens with zero attached hydrogens (tertiary/aromatic N) is 1. The van der Waals surface area contributed by atoms with Crippen LogP contribution in [0.2, 0.25) is 0 Å². The van der Waals surface area contributed by atoms with Crippen LogP contribution in [0.15, 0.2) is 0 Å². The first-order valence-corrected chi connectivity index (χ1v) is 5.68. The molecule has 0 aromatic carbocycles. The van der Waals surface area contributed by atoms with Gasteiger partial charge in [-0.25, -0.2) is 0 Å². The van der Waals surface area contributed by atoms with Gasteiger partial charge in [-0.2, -0.15) is 0 Å². The number of rotatable bonds is 5. The van der Waals surface area contributed by atoms with Gasteiger partial charge < -0.3 is 10.0 Å². The number of hydrogen-bond donors (Lipinski definition) is 1. The highest BCUT2D eigenvalue weighted by Gasteiger charge is 2.29. The van der Waals surface area contributed by atoms with Crippen molar-refractivity contribution in [2.45, 2.75) is 32.1 Å². The Morgan fingerprint density at radius 2 is 2.14 bits per heavy atom. The van der Waals surface area contributed by atoms with Gasteiger partial charge in [0.1, 0.15) is 0 Å². The van der Waals surface area contributed by atoms with Crippen LogP contribution in [0.5, 0.6) is 0 Å².